The molecule has 0 bridgehead atoms. The Morgan fingerprint density at radius 2 is 2.36 bits per heavy atom. The van der Waals surface area contributed by atoms with Crippen LogP contribution in [0.5, 0.6) is 0 Å². The van der Waals surface area contributed by atoms with E-state index in [-0.39, 0.29) is 5.75 Å². The highest BCUT2D eigenvalue weighted by Crippen LogP contribution is 1.98. The van der Waals surface area contributed by atoms with E-state index in [0.29, 0.717) is 12.3 Å². The lowest BCUT2D eigenvalue weighted by Crippen LogP contribution is -2.12. The Bertz CT molecular complexity index is 140. The minimum atomic E-state index is -0.445. The molecule has 0 aliphatic heterocycles. The van der Waals surface area contributed by atoms with Gasteiger partial charge in [0.2, 0.25) is 0 Å². The zero-order valence-electron chi connectivity index (χ0n) is 5.90. The van der Waals surface area contributed by atoms with E-state index in [9.17, 15) is 4.79 Å². The predicted octanol–water partition coefficient (Wildman–Crippen LogP) is -0.538. The highest BCUT2D eigenvalue weighted by molar-refractivity contribution is 7.99. The van der Waals surface area contributed by atoms with Gasteiger partial charge in [0.1, 0.15) is 0 Å². The number of hydrogen-bond donors (Lipinski definition) is 2. The van der Waals surface area contributed by atoms with Crippen molar-refractivity contribution in [3.05, 3.63) is 0 Å². The van der Waals surface area contributed by atoms with Crippen LogP contribution in [0.2, 0.25) is 0 Å². The molecule has 0 saturated carbocycles. The summed E-state index contributed by atoms with van der Waals surface area (Å²) in [6.07, 6.45) is 0. The quantitative estimate of drug-likeness (QED) is 0.255. The number of thioether (sulfide) groups is 1. The van der Waals surface area contributed by atoms with Crippen LogP contribution >= 0.6 is 11.8 Å². The van der Waals surface area contributed by atoms with Crippen molar-refractivity contribution in [2.24, 2.45) is 22.1 Å². The summed E-state index contributed by atoms with van der Waals surface area (Å²) >= 11 is 1.36. The predicted molar refractivity (Wildman–Crippen MR) is 41.5 cm³/mol. The van der Waals surface area contributed by atoms with Gasteiger partial charge in [-0.05, 0) is 0 Å². The van der Waals surface area contributed by atoms with Crippen molar-refractivity contribution in [3.63, 3.8) is 0 Å². The fraction of sp³-hybridized carbons (Fsp3) is 0.750. The Kier molecular flexibility index (Phi) is 6.75. The number of nitrogens with zero attached hydrogens (tertiary/aromatic N) is 2. The van der Waals surface area contributed by atoms with Crippen LogP contribution in [0.3, 0.4) is 0 Å². The summed E-state index contributed by atoms with van der Waals surface area (Å²) in [6, 6.07) is 0. The lowest BCUT2D eigenvalue weighted by molar-refractivity contribution is -0.140. The standard InChI is InChI=1S/C4H10N4O2S/c5-8-7-1-2-11-3-4(9)10-6/h1-3,6H2,(H2,5,7). The second kappa shape index (κ2) is 7.29. The molecule has 0 atom stereocenters. The molecular weight excluding hydrogens is 168 g/mol. The van der Waals surface area contributed by atoms with Crippen LogP contribution in [0, 0.1) is 0 Å². The first-order chi connectivity index (χ1) is 5.31. The third-order valence-electron chi connectivity index (χ3n) is 0.769. The highest BCUT2D eigenvalue weighted by Gasteiger charge is 1.98. The molecule has 0 aromatic rings. The van der Waals surface area contributed by atoms with Crippen molar-refractivity contribution in [3.8, 4) is 0 Å². The van der Waals surface area contributed by atoms with Gasteiger partial charge in [-0.3, -0.25) is 0 Å². The van der Waals surface area contributed by atoms with Gasteiger partial charge < -0.3 is 10.7 Å². The Morgan fingerprint density at radius 1 is 1.64 bits per heavy atom. The molecule has 0 radical (unpaired) electrons. The van der Waals surface area contributed by atoms with E-state index in [1.807, 2.05) is 0 Å². The first-order valence-electron chi connectivity index (χ1n) is 2.85. The normalized spacial score (nSPS) is 10.3. The average Bonchev–Trinajstić information content (AvgIpc) is 2.04. The average molecular weight is 178 g/mol. The fourth-order valence-electron chi connectivity index (χ4n) is 0.353. The molecule has 0 amide bonds. The summed E-state index contributed by atoms with van der Waals surface area (Å²) in [4.78, 5) is 14.3. The number of carbonyl (C=O) groups is 1. The van der Waals surface area contributed by atoms with Gasteiger partial charge in [0.25, 0.3) is 0 Å². The lowest BCUT2D eigenvalue weighted by Gasteiger charge is -1.95. The van der Waals surface area contributed by atoms with Crippen LogP contribution in [-0.4, -0.2) is 24.0 Å². The van der Waals surface area contributed by atoms with Crippen LogP contribution in [0.4, 0.5) is 0 Å². The molecule has 0 fully saturated rings. The third kappa shape index (κ3) is 7.07. The van der Waals surface area contributed by atoms with E-state index < -0.39 is 5.97 Å². The Morgan fingerprint density at radius 3 is 2.91 bits per heavy atom. The molecule has 0 saturated heterocycles. The topological polar surface area (TPSA) is 103 Å². The summed E-state index contributed by atoms with van der Waals surface area (Å²) in [5.74, 6) is 9.79. The van der Waals surface area contributed by atoms with Gasteiger partial charge in [-0.2, -0.15) is 11.0 Å². The SMILES string of the molecule is NN=NCCSCC(=O)ON. The van der Waals surface area contributed by atoms with Crippen LogP contribution < -0.4 is 11.7 Å². The molecule has 6 nitrogen and oxygen atoms in total. The first kappa shape index (κ1) is 10.2. The number of hydrogen-bond acceptors (Lipinski definition) is 6. The molecule has 0 aliphatic carbocycles. The zero-order valence-corrected chi connectivity index (χ0v) is 6.71. The lowest BCUT2D eigenvalue weighted by atomic mass is 10.8. The monoisotopic (exact) mass is 178 g/mol. The van der Waals surface area contributed by atoms with Gasteiger partial charge in [-0.15, -0.1) is 11.8 Å². The van der Waals surface area contributed by atoms with Crippen molar-refractivity contribution < 1.29 is 9.63 Å². The third-order valence-corrected chi connectivity index (χ3v) is 1.68. The maximum Gasteiger partial charge on any atom is 0.334 e. The van der Waals surface area contributed by atoms with Crippen molar-refractivity contribution in [1.82, 2.24) is 0 Å². The second-order valence-corrected chi connectivity index (χ2v) is 2.63. The van der Waals surface area contributed by atoms with Gasteiger partial charge in [0.15, 0.2) is 0 Å². The summed E-state index contributed by atoms with van der Waals surface area (Å²) in [7, 11) is 0. The van der Waals surface area contributed by atoms with Gasteiger partial charge in [-0.25, -0.2) is 4.79 Å². The van der Waals surface area contributed by atoms with Gasteiger partial charge in [-0.1, -0.05) is 5.22 Å². The van der Waals surface area contributed by atoms with E-state index in [2.05, 4.69) is 21.1 Å². The smallest absolute Gasteiger partial charge is 0.334 e. The molecule has 7 heteroatoms. The van der Waals surface area contributed by atoms with Crippen molar-refractivity contribution in [2.75, 3.05) is 18.1 Å². The molecule has 4 N–H and O–H groups in total. The fourth-order valence-corrected chi connectivity index (χ4v) is 0.942. The molecule has 0 rings (SSSR count). The molecule has 11 heavy (non-hydrogen) atoms. The minimum Gasteiger partial charge on any atom is -0.373 e. The molecule has 0 aromatic heterocycles. The molecule has 0 aliphatic rings. The molecule has 0 unspecified atom stereocenters. The van der Waals surface area contributed by atoms with Crippen molar-refractivity contribution >= 4 is 17.7 Å². The number of nitrogens with two attached hydrogens (primary N) is 2. The molecule has 64 valence electrons. The summed E-state index contributed by atoms with van der Waals surface area (Å²) < 4.78 is 0. The van der Waals surface area contributed by atoms with Crippen LogP contribution in [0.25, 0.3) is 0 Å². The Balaban J connectivity index is 3.08. The maximum atomic E-state index is 10.4. The molecule has 0 spiro atoms. The molecule has 0 heterocycles. The molecular formula is C4H10N4O2S. The summed E-state index contributed by atoms with van der Waals surface area (Å²) in [5, 5.41) is 6.54. The van der Waals surface area contributed by atoms with Crippen LogP contribution in [0.15, 0.2) is 10.3 Å². The van der Waals surface area contributed by atoms with Gasteiger partial charge >= 0.3 is 5.97 Å². The number of carbonyl (C=O) groups excluding carboxylic acids is 1. The van der Waals surface area contributed by atoms with E-state index in [4.69, 9.17) is 5.84 Å². The minimum absolute atomic E-state index is 0.233. The zero-order chi connectivity index (χ0) is 8.53. The molecule has 0 aromatic carbocycles. The van der Waals surface area contributed by atoms with E-state index in [0.717, 1.165) is 0 Å². The largest absolute Gasteiger partial charge is 0.373 e. The van der Waals surface area contributed by atoms with Crippen LogP contribution in [0.1, 0.15) is 0 Å². The summed E-state index contributed by atoms with van der Waals surface area (Å²) in [6.45, 7) is 0.499. The summed E-state index contributed by atoms with van der Waals surface area (Å²) in [5.41, 5.74) is 0. The van der Waals surface area contributed by atoms with E-state index in [1.54, 1.807) is 0 Å². The van der Waals surface area contributed by atoms with E-state index in [1.165, 1.54) is 11.8 Å². The Labute approximate surface area is 68.3 Å². The van der Waals surface area contributed by atoms with Gasteiger partial charge in [0.05, 0.1) is 12.3 Å². The second-order valence-electron chi connectivity index (χ2n) is 1.52. The van der Waals surface area contributed by atoms with Crippen LogP contribution in [-0.2, 0) is 9.63 Å². The van der Waals surface area contributed by atoms with Crippen molar-refractivity contribution in [1.29, 1.82) is 0 Å². The number of rotatable bonds is 5. The van der Waals surface area contributed by atoms with E-state index >= 15 is 0 Å². The first-order valence-corrected chi connectivity index (χ1v) is 4.00. The van der Waals surface area contributed by atoms with Crippen molar-refractivity contribution in [2.45, 2.75) is 0 Å². The Hall–Kier alpha value is -0.820. The highest BCUT2D eigenvalue weighted by atomic mass is 32.2. The van der Waals surface area contributed by atoms with Gasteiger partial charge in [0, 0.05) is 5.75 Å². The maximum absolute atomic E-state index is 10.4.